The molecule has 0 spiro atoms. The zero-order valence-electron chi connectivity index (χ0n) is 17.4. The minimum Gasteiger partial charge on any atom is -0.493 e. The molecule has 0 aliphatic heterocycles. The van der Waals surface area contributed by atoms with Gasteiger partial charge in [-0.05, 0) is 41.0 Å². The van der Waals surface area contributed by atoms with Crippen LogP contribution < -0.4 is 19.7 Å². The van der Waals surface area contributed by atoms with Crippen molar-refractivity contribution in [2.45, 2.75) is 4.90 Å². The van der Waals surface area contributed by atoms with Crippen LogP contribution in [-0.2, 0) is 14.8 Å². The van der Waals surface area contributed by atoms with Crippen molar-refractivity contribution in [1.82, 2.24) is 5.48 Å². The van der Waals surface area contributed by atoms with Crippen molar-refractivity contribution >= 4 is 27.2 Å². The van der Waals surface area contributed by atoms with E-state index in [0.29, 0.717) is 22.6 Å². The smallest absolute Gasteiger partial charge is 0.267 e. The standard InChI is InChI=1S/C23H22N2O6S/c1-30-21-12-11-19(14-22(21)31-2)32(28,29)25-18-10-6-9-17(13-18)20(15-23(26)24-27)16-7-4-3-5-8-16/h3-15,25,27H,1-2H3,(H,24,26). The summed E-state index contributed by atoms with van der Waals surface area (Å²) in [4.78, 5) is 11.8. The lowest BCUT2D eigenvalue weighted by Crippen LogP contribution is -2.16. The summed E-state index contributed by atoms with van der Waals surface area (Å²) in [6.07, 6.45) is 1.23. The van der Waals surface area contributed by atoms with Gasteiger partial charge in [-0.15, -0.1) is 0 Å². The summed E-state index contributed by atoms with van der Waals surface area (Å²) >= 11 is 0. The number of hydrogen-bond donors (Lipinski definition) is 3. The second-order valence-corrected chi connectivity index (χ2v) is 8.29. The highest BCUT2D eigenvalue weighted by atomic mass is 32.2. The van der Waals surface area contributed by atoms with Gasteiger partial charge in [0.15, 0.2) is 11.5 Å². The molecular formula is C23H22N2O6S. The number of amides is 1. The van der Waals surface area contributed by atoms with Crippen molar-refractivity contribution < 1.29 is 27.9 Å². The summed E-state index contributed by atoms with van der Waals surface area (Å²) < 4.78 is 38.7. The Hall–Kier alpha value is -3.82. The number of carbonyl (C=O) groups excluding carboxylic acids is 1. The van der Waals surface area contributed by atoms with E-state index in [-0.39, 0.29) is 10.6 Å². The van der Waals surface area contributed by atoms with Crippen LogP contribution in [0.25, 0.3) is 5.57 Å². The predicted molar refractivity (Wildman–Crippen MR) is 120 cm³/mol. The van der Waals surface area contributed by atoms with Crippen LogP contribution in [0.1, 0.15) is 11.1 Å². The fourth-order valence-electron chi connectivity index (χ4n) is 3.06. The van der Waals surface area contributed by atoms with E-state index < -0.39 is 15.9 Å². The Bertz CT molecular complexity index is 1240. The third kappa shape index (κ3) is 5.26. The summed E-state index contributed by atoms with van der Waals surface area (Å²) in [6, 6.07) is 19.9. The first-order chi connectivity index (χ1) is 15.4. The first-order valence-corrected chi connectivity index (χ1v) is 10.9. The molecule has 32 heavy (non-hydrogen) atoms. The van der Waals surface area contributed by atoms with Gasteiger partial charge >= 0.3 is 0 Å². The number of nitrogens with one attached hydrogen (secondary N) is 2. The minimum absolute atomic E-state index is 0.000892. The monoisotopic (exact) mass is 454 g/mol. The topological polar surface area (TPSA) is 114 Å². The maximum absolute atomic E-state index is 12.9. The first kappa shape index (κ1) is 22.9. The van der Waals surface area contributed by atoms with E-state index >= 15 is 0 Å². The Balaban J connectivity index is 1.98. The minimum atomic E-state index is -3.93. The van der Waals surface area contributed by atoms with Gasteiger partial charge in [-0.3, -0.25) is 14.7 Å². The Morgan fingerprint density at radius 3 is 2.22 bits per heavy atom. The van der Waals surface area contributed by atoms with Gasteiger partial charge in [-0.1, -0.05) is 42.5 Å². The molecule has 0 bridgehead atoms. The average molecular weight is 455 g/mol. The average Bonchev–Trinajstić information content (AvgIpc) is 2.82. The van der Waals surface area contributed by atoms with Crippen LogP contribution in [0, 0.1) is 0 Å². The van der Waals surface area contributed by atoms with E-state index in [4.69, 9.17) is 14.7 Å². The Morgan fingerprint density at radius 2 is 1.56 bits per heavy atom. The quantitative estimate of drug-likeness (QED) is 0.273. The Morgan fingerprint density at radius 1 is 0.875 bits per heavy atom. The van der Waals surface area contributed by atoms with Crippen LogP contribution in [0.2, 0.25) is 0 Å². The molecule has 0 unspecified atom stereocenters. The number of hydroxylamine groups is 1. The number of carbonyl (C=O) groups is 1. The number of ether oxygens (including phenoxy) is 2. The van der Waals surface area contributed by atoms with Crippen molar-refractivity contribution in [3.05, 3.63) is 90.0 Å². The molecule has 3 N–H and O–H groups in total. The lowest BCUT2D eigenvalue weighted by atomic mass is 9.97. The van der Waals surface area contributed by atoms with Crippen LogP contribution in [0.4, 0.5) is 5.69 Å². The highest BCUT2D eigenvalue weighted by Gasteiger charge is 2.18. The van der Waals surface area contributed by atoms with Gasteiger partial charge in [0.05, 0.1) is 19.1 Å². The van der Waals surface area contributed by atoms with Gasteiger partial charge in [0.25, 0.3) is 15.9 Å². The van der Waals surface area contributed by atoms with E-state index in [1.807, 2.05) is 18.2 Å². The Labute approximate surface area is 186 Å². The van der Waals surface area contributed by atoms with Gasteiger partial charge in [0, 0.05) is 17.8 Å². The first-order valence-electron chi connectivity index (χ1n) is 9.44. The molecule has 1 amide bonds. The summed E-state index contributed by atoms with van der Waals surface area (Å²) in [5.74, 6) is -0.0122. The third-order valence-electron chi connectivity index (χ3n) is 4.56. The van der Waals surface area contributed by atoms with Crippen LogP contribution in [0.3, 0.4) is 0 Å². The highest BCUT2D eigenvalue weighted by Crippen LogP contribution is 2.31. The maximum Gasteiger partial charge on any atom is 0.267 e. The Kier molecular flexibility index (Phi) is 7.14. The van der Waals surface area contributed by atoms with E-state index in [0.717, 1.165) is 5.56 Å². The number of anilines is 1. The van der Waals surface area contributed by atoms with Crippen molar-refractivity contribution in [1.29, 1.82) is 0 Å². The van der Waals surface area contributed by atoms with Crippen LogP contribution in [0.15, 0.2) is 83.8 Å². The number of methoxy groups -OCH3 is 2. The van der Waals surface area contributed by atoms with E-state index in [1.54, 1.807) is 41.9 Å². The number of benzene rings is 3. The molecule has 3 aromatic rings. The lowest BCUT2D eigenvalue weighted by molar-refractivity contribution is -0.124. The fourth-order valence-corrected chi connectivity index (χ4v) is 4.13. The molecule has 3 rings (SSSR count). The van der Waals surface area contributed by atoms with Crippen molar-refractivity contribution in [2.75, 3.05) is 18.9 Å². The normalized spacial score (nSPS) is 11.5. The van der Waals surface area contributed by atoms with Crippen LogP contribution in [-0.4, -0.2) is 33.8 Å². The van der Waals surface area contributed by atoms with Gasteiger partial charge in [0.2, 0.25) is 0 Å². The third-order valence-corrected chi connectivity index (χ3v) is 5.94. The molecule has 0 fully saturated rings. The maximum atomic E-state index is 12.9. The van der Waals surface area contributed by atoms with E-state index in [2.05, 4.69) is 4.72 Å². The number of hydrogen-bond acceptors (Lipinski definition) is 6. The van der Waals surface area contributed by atoms with Crippen molar-refractivity contribution in [3.8, 4) is 11.5 Å². The molecule has 166 valence electrons. The molecule has 0 aliphatic rings. The molecule has 0 heterocycles. The molecular weight excluding hydrogens is 432 g/mol. The second kappa shape index (κ2) is 9.99. The van der Waals surface area contributed by atoms with Gasteiger partial charge in [0.1, 0.15) is 0 Å². The molecule has 3 aromatic carbocycles. The summed E-state index contributed by atoms with van der Waals surface area (Å²) in [6.45, 7) is 0. The van der Waals surface area contributed by atoms with Gasteiger partial charge < -0.3 is 9.47 Å². The summed E-state index contributed by atoms with van der Waals surface area (Å²) in [5, 5.41) is 8.94. The van der Waals surface area contributed by atoms with Crippen molar-refractivity contribution in [3.63, 3.8) is 0 Å². The van der Waals surface area contributed by atoms with Gasteiger partial charge in [-0.2, -0.15) is 0 Å². The summed E-state index contributed by atoms with van der Waals surface area (Å²) in [5.41, 5.74) is 3.67. The fraction of sp³-hybridized carbons (Fsp3) is 0.0870. The number of sulfonamides is 1. The molecule has 0 saturated heterocycles. The van der Waals surface area contributed by atoms with E-state index in [9.17, 15) is 13.2 Å². The zero-order valence-corrected chi connectivity index (χ0v) is 18.2. The molecule has 0 atom stereocenters. The molecule has 0 radical (unpaired) electrons. The van der Waals surface area contributed by atoms with Gasteiger partial charge in [-0.25, -0.2) is 13.9 Å². The molecule has 8 nitrogen and oxygen atoms in total. The zero-order chi connectivity index (χ0) is 23.1. The van der Waals surface area contributed by atoms with Crippen LogP contribution >= 0.6 is 0 Å². The second-order valence-electron chi connectivity index (χ2n) is 6.60. The molecule has 0 saturated carbocycles. The number of rotatable bonds is 8. The molecule has 0 aromatic heterocycles. The SMILES string of the molecule is COc1ccc(S(=O)(=O)Nc2cccc(C(=CC(=O)NO)c3ccccc3)c2)cc1OC. The predicted octanol–water partition coefficient (Wildman–Crippen LogP) is 3.44. The highest BCUT2D eigenvalue weighted by molar-refractivity contribution is 7.92. The molecule has 0 aliphatic carbocycles. The summed E-state index contributed by atoms with van der Waals surface area (Å²) in [7, 11) is -1.05. The van der Waals surface area contributed by atoms with E-state index in [1.165, 1.54) is 38.5 Å². The largest absolute Gasteiger partial charge is 0.493 e. The lowest BCUT2D eigenvalue weighted by Gasteiger charge is -2.13. The molecule has 9 heteroatoms. The van der Waals surface area contributed by atoms with Crippen LogP contribution in [0.5, 0.6) is 11.5 Å². The van der Waals surface area contributed by atoms with Crippen molar-refractivity contribution in [2.24, 2.45) is 0 Å².